The fourth-order valence-electron chi connectivity index (χ4n) is 2.78. The van der Waals surface area contributed by atoms with E-state index in [1.54, 1.807) is 12.7 Å². The van der Waals surface area contributed by atoms with Gasteiger partial charge in [0.15, 0.2) is 0 Å². The van der Waals surface area contributed by atoms with Crippen molar-refractivity contribution in [3.63, 3.8) is 0 Å². The second-order valence-electron chi connectivity index (χ2n) is 5.12. The molecule has 0 amide bonds. The van der Waals surface area contributed by atoms with Gasteiger partial charge in [-0.3, -0.25) is 0 Å². The maximum atomic E-state index is 4.48. The van der Waals surface area contributed by atoms with Gasteiger partial charge in [-0.2, -0.15) is 0 Å². The fraction of sp³-hybridized carbons (Fsp3) is 0.467. The zero-order valence-electron chi connectivity index (χ0n) is 11.8. The SMILES string of the molecule is CCCN1CCc2ncnc(-c3cncnc3)c2CC1. The molecule has 2 aromatic heterocycles. The van der Waals surface area contributed by atoms with Gasteiger partial charge in [-0.15, -0.1) is 0 Å². The van der Waals surface area contributed by atoms with Crippen LogP contribution in [-0.2, 0) is 12.8 Å². The van der Waals surface area contributed by atoms with Crippen LogP contribution in [0.5, 0.6) is 0 Å². The summed E-state index contributed by atoms with van der Waals surface area (Å²) in [6, 6.07) is 0. The van der Waals surface area contributed by atoms with E-state index in [0.29, 0.717) is 0 Å². The third-order valence-electron chi connectivity index (χ3n) is 3.75. The number of aromatic nitrogens is 4. The van der Waals surface area contributed by atoms with Crippen molar-refractivity contribution in [3.05, 3.63) is 36.3 Å². The van der Waals surface area contributed by atoms with E-state index in [2.05, 4.69) is 31.8 Å². The summed E-state index contributed by atoms with van der Waals surface area (Å²) in [6.45, 7) is 5.55. The molecular weight excluding hydrogens is 250 g/mol. The maximum absolute atomic E-state index is 4.48. The van der Waals surface area contributed by atoms with Gasteiger partial charge in [0.25, 0.3) is 0 Å². The lowest BCUT2D eigenvalue weighted by Crippen LogP contribution is -2.27. The minimum absolute atomic E-state index is 0.982. The van der Waals surface area contributed by atoms with E-state index in [0.717, 1.165) is 43.7 Å². The maximum Gasteiger partial charge on any atom is 0.116 e. The Hall–Kier alpha value is -1.88. The fourth-order valence-corrected chi connectivity index (χ4v) is 2.78. The third kappa shape index (κ3) is 2.67. The van der Waals surface area contributed by atoms with Gasteiger partial charge in [-0.1, -0.05) is 6.92 Å². The van der Waals surface area contributed by atoms with Crippen LogP contribution in [0.4, 0.5) is 0 Å². The van der Waals surface area contributed by atoms with Crippen molar-refractivity contribution in [3.8, 4) is 11.3 Å². The third-order valence-corrected chi connectivity index (χ3v) is 3.75. The van der Waals surface area contributed by atoms with Crippen LogP contribution in [0.2, 0.25) is 0 Å². The van der Waals surface area contributed by atoms with Crippen LogP contribution in [-0.4, -0.2) is 44.5 Å². The molecule has 0 radical (unpaired) electrons. The Morgan fingerprint density at radius 2 is 1.85 bits per heavy atom. The average molecular weight is 269 g/mol. The summed E-state index contributed by atoms with van der Waals surface area (Å²) in [5.41, 5.74) is 4.42. The molecule has 5 nitrogen and oxygen atoms in total. The number of nitrogens with zero attached hydrogens (tertiary/aromatic N) is 5. The predicted octanol–water partition coefficient (Wildman–Crippen LogP) is 1.74. The highest BCUT2D eigenvalue weighted by molar-refractivity contribution is 5.61. The van der Waals surface area contributed by atoms with Gasteiger partial charge in [-0.25, -0.2) is 19.9 Å². The van der Waals surface area contributed by atoms with Crippen molar-refractivity contribution in [2.24, 2.45) is 0 Å². The van der Waals surface area contributed by atoms with Gasteiger partial charge in [0.05, 0.1) is 5.69 Å². The number of rotatable bonds is 3. The van der Waals surface area contributed by atoms with Gasteiger partial charge in [0.2, 0.25) is 0 Å². The molecule has 1 aliphatic rings. The van der Waals surface area contributed by atoms with Crippen molar-refractivity contribution in [2.75, 3.05) is 19.6 Å². The zero-order chi connectivity index (χ0) is 13.8. The first-order chi connectivity index (χ1) is 9.88. The van der Waals surface area contributed by atoms with Crippen molar-refractivity contribution in [1.82, 2.24) is 24.8 Å². The van der Waals surface area contributed by atoms with Crippen molar-refractivity contribution < 1.29 is 0 Å². The molecule has 1 aliphatic heterocycles. The summed E-state index contributed by atoms with van der Waals surface area (Å²) < 4.78 is 0. The summed E-state index contributed by atoms with van der Waals surface area (Å²) in [4.78, 5) is 19.6. The Balaban J connectivity index is 1.93. The van der Waals surface area contributed by atoms with Crippen molar-refractivity contribution in [1.29, 1.82) is 0 Å². The summed E-state index contributed by atoms with van der Waals surface area (Å²) in [5, 5.41) is 0. The number of fused-ring (bicyclic) bond motifs is 1. The monoisotopic (exact) mass is 269 g/mol. The predicted molar refractivity (Wildman–Crippen MR) is 77.2 cm³/mol. The summed E-state index contributed by atoms with van der Waals surface area (Å²) in [5.74, 6) is 0. The van der Waals surface area contributed by atoms with Crippen LogP contribution in [0.15, 0.2) is 25.0 Å². The Bertz CT molecular complexity index is 570. The Morgan fingerprint density at radius 3 is 2.65 bits per heavy atom. The van der Waals surface area contributed by atoms with Gasteiger partial charge < -0.3 is 4.90 Å². The van der Waals surface area contributed by atoms with Crippen LogP contribution in [0.3, 0.4) is 0 Å². The van der Waals surface area contributed by atoms with Crippen LogP contribution < -0.4 is 0 Å². The summed E-state index contributed by atoms with van der Waals surface area (Å²) in [7, 11) is 0. The molecule has 0 N–H and O–H groups in total. The van der Waals surface area contributed by atoms with Gasteiger partial charge in [-0.05, 0) is 19.4 Å². The molecule has 5 heteroatoms. The Morgan fingerprint density at radius 1 is 1.05 bits per heavy atom. The summed E-state index contributed by atoms with van der Waals surface area (Å²) >= 11 is 0. The molecule has 0 bridgehead atoms. The van der Waals surface area contributed by atoms with E-state index in [4.69, 9.17) is 0 Å². The van der Waals surface area contributed by atoms with Gasteiger partial charge in [0, 0.05) is 48.7 Å². The molecule has 0 aliphatic carbocycles. The first-order valence-corrected chi connectivity index (χ1v) is 7.19. The van der Waals surface area contributed by atoms with E-state index >= 15 is 0 Å². The van der Waals surface area contributed by atoms with E-state index < -0.39 is 0 Å². The minimum atomic E-state index is 0.982. The highest BCUT2D eigenvalue weighted by Gasteiger charge is 2.18. The van der Waals surface area contributed by atoms with E-state index in [-0.39, 0.29) is 0 Å². The van der Waals surface area contributed by atoms with Crippen LogP contribution in [0.25, 0.3) is 11.3 Å². The molecule has 3 rings (SSSR count). The lowest BCUT2D eigenvalue weighted by Gasteiger charge is -2.18. The molecule has 0 spiro atoms. The van der Waals surface area contributed by atoms with Gasteiger partial charge in [0.1, 0.15) is 12.7 Å². The lowest BCUT2D eigenvalue weighted by atomic mass is 10.0. The molecular formula is C15H19N5. The second-order valence-corrected chi connectivity index (χ2v) is 5.12. The number of hydrogen-bond donors (Lipinski definition) is 0. The largest absolute Gasteiger partial charge is 0.303 e. The summed E-state index contributed by atoms with van der Waals surface area (Å²) in [6.07, 6.45) is 10.1. The molecule has 104 valence electrons. The first kappa shape index (κ1) is 13.1. The molecule has 0 aromatic carbocycles. The van der Waals surface area contributed by atoms with Gasteiger partial charge >= 0.3 is 0 Å². The molecule has 20 heavy (non-hydrogen) atoms. The average Bonchev–Trinajstić information content (AvgIpc) is 2.71. The highest BCUT2D eigenvalue weighted by Crippen LogP contribution is 2.24. The van der Waals surface area contributed by atoms with Crippen molar-refractivity contribution in [2.45, 2.75) is 26.2 Å². The van der Waals surface area contributed by atoms with E-state index in [1.807, 2.05) is 12.4 Å². The topological polar surface area (TPSA) is 54.8 Å². The quantitative estimate of drug-likeness (QED) is 0.849. The molecule has 0 saturated carbocycles. The van der Waals surface area contributed by atoms with Crippen LogP contribution in [0, 0.1) is 0 Å². The molecule has 2 aromatic rings. The van der Waals surface area contributed by atoms with Crippen molar-refractivity contribution >= 4 is 0 Å². The van der Waals surface area contributed by atoms with Crippen LogP contribution in [0.1, 0.15) is 24.6 Å². The first-order valence-electron chi connectivity index (χ1n) is 7.19. The Labute approximate surface area is 119 Å². The number of hydrogen-bond acceptors (Lipinski definition) is 5. The molecule has 3 heterocycles. The standard InChI is InChI=1S/C15H19N5/c1-2-5-20-6-3-13-14(4-7-20)18-11-19-15(13)12-8-16-10-17-9-12/h8-11H,2-7H2,1H3. The molecule has 0 fully saturated rings. The smallest absolute Gasteiger partial charge is 0.116 e. The lowest BCUT2D eigenvalue weighted by molar-refractivity contribution is 0.288. The normalized spacial score (nSPS) is 15.7. The minimum Gasteiger partial charge on any atom is -0.303 e. The van der Waals surface area contributed by atoms with E-state index in [9.17, 15) is 0 Å². The molecule has 0 saturated heterocycles. The zero-order valence-corrected chi connectivity index (χ0v) is 11.8. The second kappa shape index (κ2) is 6.05. The highest BCUT2D eigenvalue weighted by atomic mass is 15.1. The Kier molecular flexibility index (Phi) is 3.97. The van der Waals surface area contributed by atoms with Crippen LogP contribution >= 0.6 is 0 Å². The molecule has 0 unspecified atom stereocenters. The molecule has 0 atom stereocenters. The van der Waals surface area contributed by atoms with E-state index in [1.165, 1.54) is 17.7 Å².